The van der Waals surface area contributed by atoms with E-state index in [1.54, 1.807) is 0 Å². The molecule has 0 bridgehead atoms. The van der Waals surface area contributed by atoms with E-state index in [2.05, 4.69) is 22.2 Å². The summed E-state index contributed by atoms with van der Waals surface area (Å²) in [7, 11) is 1.49. The molecule has 0 radical (unpaired) electrons. The van der Waals surface area contributed by atoms with Crippen molar-refractivity contribution >= 4 is 12.0 Å². The average molecular weight is 468 g/mol. The fourth-order valence-electron chi connectivity index (χ4n) is 3.67. The Balaban J connectivity index is 1.74. The maximum absolute atomic E-state index is 14.2. The van der Waals surface area contributed by atoms with Gasteiger partial charge in [-0.25, -0.2) is 9.38 Å². The first-order valence-electron chi connectivity index (χ1n) is 11.2. The van der Waals surface area contributed by atoms with Crippen LogP contribution in [-0.4, -0.2) is 67.0 Å². The number of nitrogens with one attached hydrogen (secondary N) is 1. The van der Waals surface area contributed by atoms with Gasteiger partial charge in [-0.2, -0.15) is 9.38 Å². The molecule has 33 heavy (non-hydrogen) atoms. The van der Waals surface area contributed by atoms with Crippen molar-refractivity contribution < 1.29 is 23.4 Å². The molecule has 0 aliphatic carbocycles. The second-order valence-electron chi connectivity index (χ2n) is 8.45. The van der Waals surface area contributed by atoms with Crippen molar-refractivity contribution in [1.29, 1.82) is 0 Å². The third-order valence-electron chi connectivity index (χ3n) is 5.82. The summed E-state index contributed by atoms with van der Waals surface area (Å²) in [6, 6.07) is 0.0644. The minimum atomic E-state index is -0.707. The molecule has 1 saturated heterocycles. The predicted octanol–water partition coefficient (Wildman–Crippen LogP) is 2.57. The van der Waals surface area contributed by atoms with E-state index in [9.17, 15) is 13.9 Å². The number of aliphatic hydroxyl groups excluding tert-OH is 1. The molecule has 2 heterocycles. The summed E-state index contributed by atoms with van der Waals surface area (Å²) >= 11 is 0. The lowest BCUT2D eigenvalue weighted by Crippen LogP contribution is -2.39. The molecule has 0 saturated carbocycles. The number of ether oxygens (including phenoxy) is 2. The van der Waals surface area contributed by atoms with Crippen LogP contribution in [-0.2, 0) is 9.47 Å². The normalized spacial score (nSPS) is 25.2. The summed E-state index contributed by atoms with van der Waals surface area (Å²) in [6.45, 7) is 5.08. The Labute approximate surface area is 194 Å². The van der Waals surface area contributed by atoms with Crippen LogP contribution in [0, 0.1) is 18.3 Å². The van der Waals surface area contributed by atoms with Crippen LogP contribution in [0.3, 0.4) is 0 Å². The highest BCUT2D eigenvalue weighted by atomic mass is 19.1. The fraction of sp³-hybridized carbons (Fsp3) is 0.652. The number of allylic oxidation sites excluding steroid dienone is 2. The van der Waals surface area contributed by atoms with E-state index >= 15 is 0 Å². The number of terminal acetylenes is 1. The molecule has 2 rings (SSSR count). The average Bonchev–Trinajstić information content (AvgIpc) is 3.25. The van der Waals surface area contributed by atoms with Crippen LogP contribution in [0.1, 0.15) is 46.0 Å². The highest BCUT2D eigenvalue weighted by Gasteiger charge is 2.28. The first-order valence-corrected chi connectivity index (χ1v) is 11.2. The van der Waals surface area contributed by atoms with Gasteiger partial charge in [0.25, 0.3) is 6.02 Å². The van der Waals surface area contributed by atoms with Crippen LogP contribution in [0.5, 0.6) is 0 Å². The molecule has 4 N–H and O–H groups in total. The topological polar surface area (TPSA) is 105 Å². The molecule has 8 nitrogen and oxygen atoms in total. The van der Waals surface area contributed by atoms with Crippen molar-refractivity contribution in [1.82, 2.24) is 10.2 Å². The van der Waals surface area contributed by atoms with Crippen LogP contribution in [0.15, 0.2) is 33.5 Å². The summed E-state index contributed by atoms with van der Waals surface area (Å²) in [5, 5.41) is 12.5. The fourth-order valence-corrected chi connectivity index (χ4v) is 3.67. The SMILES string of the molecule is C#C/C(F)=C1\CN(C(C)CCC(C)CC/C(F)=C\NC(N)=NC2CCOCC2O)C(OC)=N1. The van der Waals surface area contributed by atoms with E-state index in [0.29, 0.717) is 25.5 Å². The standard InChI is InChI=1S/C23H35F2N5O3/c1-5-18(25)20-13-30(23(29-20)32-4)16(3)8-6-15(2)7-9-17(24)12-27-22(26)28-19-10-11-33-14-21(19)31/h1,12,15-16,19,21,31H,6-11,13-14H2,2-4H3,(H3,26,27,28)/b17-12+,20-18-. The lowest BCUT2D eigenvalue weighted by molar-refractivity contribution is -0.0177. The summed E-state index contributed by atoms with van der Waals surface area (Å²) in [5.41, 5.74) is 5.98. The van der Waals surface area contributed by atoms with Crippen LogP contribution in [0.2, 0.25) is 0 Å². The molecule has 0 aromatic carbocycles. The van der Waals surface area contributed by atoms with Gasteiger partial charge in [0.2, 0.25) is 0 Å². The first kappa shape index (κ1) is 26.6. The molecular weight excluding hydrogens is 432 g/mol. The van der Waals surface area contributed by atoms with E-state index in [0.717, 1.165) is 12.8 Å². The monoisotopic (exact) mass is 467 g/mol. The van der Waals surface area contributed by atoms with Crippen LogP contribution in [0.25, 0.3) is 0 Å². The maximum atomic E-state index is 14.2. The van der Waals surface area contributed by atoms with Crippen molar-refractivity contribution in [3.05, 3.63) is 23.6 Å². The van der Waals surface area contributed by atoms with Crippen LogP contribution in [0.4, 0.5) is 8.78 Å². The van der Waals surface area contributed by atoms with Gasteiger partial charge in [0.1, 0.15) is 11.5 Å². The summed E-state index contributed by atoms with van der Waals surface area (Å²) in [6.07, 6.45) is 8.79. The van der Waals surface area contributed by atoms with Crippen LogP contribution < -0.4 is 11.1 Å². The molecular formula is C23H35F2N5O3. The molecule has 184 valence electrons. The number of halogens is 2. The predicted molar refractivity (Wildman–Crippen MR) is 124 cm³/mol. The molecule has 4 atom stereocenters. The summed E-state index contributed by atoms with van der Waals surface area (Å²) < 4.78 is 38.3. The molecule has 0 aromatic rings. The van der Waals surface area contributed by atoms with Gasteiger partial charge >= 0.3 is 0 Å². The zero-order valence-corrected chi connectivity index (χ0v) is 19.6. The Hall–Kier alpha value is -2.64. The van der Waals surface area contributed by atoms with Gasteiger partial charge < -0.3 is 30.5 Å². The van der Waals surface area contributed by atoms with Crippen molar-refractivity contribution in [3.8, 4) is 12.3 Å². The number of hydrogen-bond acceptors (Lipinski definition) is 6. The Morgan fingerprint density at radius 1 is 1.45 bits per heavy atom. The Morgan fingerprint density at radius 3 is 2.88 bits per heavy atom. The van der Waals surface area contributed by atoms with Gasteiger partial charge in [-0.05, 0) is 44.4 Å². The smallest absolute Gasteiger partial charge is 0.292 e. The number of amidine groups is 1. The molecule has 4 unspecified atom stereocenters. The minimum Gasteiger partial charge on any atom is -0.468 e. The largest absolute Gasteiger partial charge is 0.468 e. The number of nitrogens with two attached hydrogens (primary N) is 1. The quantitative estimate of drug-likeness (QED) is 0.274. The maximum Gasteiger partial charge on any atom is 0.292 e. The zero-order chi connectivity index (χ0) is 24.4. The van der Waals surface area contributed by atoms with Gasteiger partial charge in [-0.15, -0.1) is 6.42 Å². The molecule has 0 amide bonds. The number of guanidine groups is 1. The highest BCUT2D eigenvalue weighted by molar-refractivity contribution is 5.79. The molecule has 0 aromatic heterocycles. The lowest BCUT2D eigenvalue weighted by atomic mass is 9.97. The molecule has 2 aliphatic rings. The molecule has 10 heteroatoms. The highest BCUT2D eigenvalue weighted by Crippen LogP contribution is 2.24. The zero-order valence-electron chi connectivity index (χ0n) is 19.6. The Morgan fingerprint density at radius 2 is 2.21 bits per heavy atom. The van der Waals surface area contributed by atoms with Crippen molar-refractivity contribution in [2.24, 2.45) is 21.6 Å². The second kappa shape index (κ2) is 13.2. The van der Waals surface area contributed by atoms with Gasteiger partial charge in [-0.3, -0.25) is 0 Å². The first-order chi connectivity index (χ1) is 15.7. The third kappa shape index (κ3) is 8.33. The number of aliphatic hydroxyl groups is 1. The Kier molecular flexibility index (Phi) is 10.6. The number of rotatable bonds is 9. The third-order valence-corrected chi connectivity index (χ3v) is 5.82. The van der Waals surface area contributed by atoms with Crippen molar-refractivity contribution in [2.75, 3.05) is 26.9 Å². The molecule has 1 fully saturated rings. The van der Waals surface area contributed by atoms with Gasteiger partial charge in [0.05, 0.1) is 32.4 Å². The second-order valence-corrected chi connectivity index (χ2v) is 8.45. The van der Waals surface area contributed by atoms with Crippen molar-refractivity contribution in [2.45, 2.75) is 64.1 Å². The number of nitrogens with zero attached hydrogens (tertiary/aromatic N) is 3. The number of aliphatic imine (C=N–C) groups is 2. The van der Waals surface area contributed by atoms with Gasteiger partial charge in [-0.1, -0.05) is 6.92 Å². The van der Waals surface area contributed by atoms with E-state index < -0.39 is 11.9 Å². The van der Waals surface area contributed by atoms with E-state index in [4.69, 9.17) is 21.6 Å². The van der Waals surface area contributed by atoms with E-state index in [1.165, 1.54) is 13.3 Å². The summed E-state index contributed by atoms with van der Waals surface area (Å²) in [5.74, 6) is 1.31. The minimum absolute atomic E-state index is 0.0628. The van der Waals surface area contributed by atoms with Gasteiger partial charge in [0, 0.05) is 25.3 Å². The van der Waals surface area contributed by atoms with E-state index in [1.807, 2.05) is 17.7 Å². The number of hydrogen-bond donors (Lipinski definition) is 3. The van der Waals surface area contributed by atoms with Crippen LogP contribution >= 0.6 is 0 Å². The van der Waals surface area contributed by atoms with Gasteiger partial charge in [0.15, 0.2) is 11.8 Å². The number of methoxy groups -OCH3 is 1. The Bertz CT molecular complexity index is 821. The lowest BCUT2D eigenvalue weighted by Gasteiger charge is -2.27. The molecule has 2 aliphatic heterocycles. The van der Waals surface area contributed by atoms with E-state index in [-0.39, 0.29) is 55.1 Å². The summed E-state index contributed by atoms with van der Waals surface area (Å²) in [4.78, 5) is 10.2. The van der Waals surface area contributed by atoms with Crippen molar-refractivity contribution in [3.63, 3.8) is 0 Å². The molecule has 0 spiro atoms.